The molecule has 0 N–H and O–H groups in total. The van der Waals surface area contributed by atoms with Crippen LogP contribution < -0.4 is 0 Å². The molecule has 1 aromatic carbocycles. The van der Waals surface area contributed by atoms with Crippen molar-refractivity contribution in [1.29, 1.82) is 0 Å². The average molecular weight is 199 g/mol. The summed E-state index contributed by atoms with van der Waals surface area (Å²) >= 11 is 0. The molecule has 1 heteroatoms. The lowest BCUT2D eigenvalue weighted by molar-refractivity contribution is 1.29. The van der Waals surface area contributed by atoms with Crippen LogP contribution in [0, 0.1) is 6.92 Å². The minimum atomic E-state index is 0.893. The van der Waals surface area contributed by atoms with E-state index >= 15 is 0 Å². The molecule has 0 radical (unpaired) electrons. The van der Waals surface area contributed by atoms with Gasteiger partial charge in [-0.3, -0.25) is 4.99 Å². The lowest BCUT2D eigenvalue weighted by atomic mass is 9.98. The van der Waals surface area contributed by atoms with Crippen LogP contribution in [0.2, 0.25) is 0 Å². The molecule has 0 atom stereocenters. The maximum Gasteiger partial charge on any atom is 0.0680 e. The van der Waals surface area contributed by atoms with E-state index in [0.717, 1.165) is 16.8 Å². The van der Waals surface area contributed by atoms with Gasteiger partial charge in [-0.15, -0.1) is 0 Å². The van der Waals surface area contributed by atoms with Crippen LogP contribution in [0.1, 0.15) is 25.0 Å². The van der Waals surface area contributed by atoms with E-state index in [-0.39, 0.29) is 0 Å². The van der Waals surface area contributed by atoms with Gasteiger partial charge in [0.1, 0.15) is 0 Å². The lowest BCUT2D eigenvalue weighted by Crippen LogP contribution is -1.90. The monoisotopic (exact) mass is 199 g/mol. The number of allylic oxidation sites excluding steroid dienone is 2. The van der Waals surface area contributed by atoms with Crippen molar-refractivity contribution >= 4 is 12.3 Å². The molecular weight excluding hydrogens is 182 g/mol. The summed E-state index contributed by atoms with van der Waals surface area (Å²) in [6.45, 7) is 13.6. The van der Waals surface area contributed by atoms with Crippen molar-refractivity contribution in [1.82, 2.24) is 0 Å². The van der Waals surface area contributed by atoms with E-state index in [1.807, 2.05) is 19.1 Å². The lowest BCUT2D eigenvalue weighted by Gasteiger charge is -2.10. The molecule has 0 saturated heterocycles. The van der Waals surface area contributed by atoms with E-state index in [1.165, 1.54) is 11.1 Å². The van der Waals surface area contributed by atoms with Crippen LogP contribution in [0.15, 0.2) is 47.1 Å². The van der Waals surface area contributed by atoms with Gasteiger partial charge < -0.3 is 0 Å². The highest BCUT2D eigenvalue weighted by Gasteiger charge is 2.05. The number of aliphatic imine (C=N–C) groups is 1. The molecule has 0 heterocycles. The third-order valence-corrected chi connectivity index (χ3v) is 2.47. The fraction of sp³-hybridized carbons (Fsp3) is 0.214. The van der Waals surface area contributed by atoms with Crippen LogP contribution in [0.25, 0.3) is 5.57 Å². The highest BCUT2D eigenvalue weighted by Crippen LogP contribution is 2.25. The van der Waals surface area contributed by atoms with Gasteiger partial charge in [0.05, 0.1) is 5.70 Å². The van der Waals surface area contributed by atoms with Crippen molar-refractivity contribution < 1.29 is 0 Å². The summed E-state index contributed by atoms with van der Waals surface area (Å²) in [6.07, 6.45) is 0. The first kappa shape index (κ1) is 11.4. The van der Waals surface area contributed by atoms with Crippen molar-refractivity contribution in [3.63, 3.8) is 0 Å². The molecule has 0 unspecified atom stereocenters. The molecule has 0 amide bonds. The molecule has 0 aromatic heterocycles. The maximum absolute atomic E-state index is 4.04. The van der Waals surface area contributed by atoms with Gasteiger partial charge in [-0.25, -0.2) is 0 Å². The first-order chi connectivity index (χ1) is 7.07. The second-order valence-electron chi connectivity index (χ2n) is 3.73. The Morgan fingerprint density at radius 1 is 1.20 bits per heavy atom. The average Bonchev–Trinajstić information content (AvgIpc) is 2.18. The quantitative estimate of drug-likeness (QED) is 0.515. The summed E-state index contributed by atoms with van der Waals surface area (Å²) in [5.41, 5.74) is 5.44. The normalized spacial score (nSPS) is 11.9. The third kappa shape index (κ3) is 2.44. The van der Waals surface area contributed by atoms with E-state index in [0.29, 0.717) is 0 Å². The Morgan fingerprint density at radius 2 is 1.80 bits per heavy atom. The van der Waals surface area contributed by atoms with Gasteiger partial charge in [0.25, 0.3) is 0 Å². The molecule has 0 bridgehead atoms. The van der Waals surface area contributed by atoms with E-state index < -0.39 is 0 Å². The van der Waals surface area contributed by atoms with E-state index in [1.54, 1.807) is 0 Å². The van der Waals surface area contributed by atoms with E-state index in [9.17, 15) is 0 Å². The zero-order valence-electron chi connectivity index (χ0n) is 9.67. The van der Waals surface area contributed by atoms with Gasteiger partial charge >= 0.3 is 0 Å². The summed E-state index contributed by atoms with van der Waals surface area (Å²) in [4.78, 5) is 4.04. The summed E-state index contributed by atoms with van der Waals surface area (Å²) < 4.78 is 0. The predicted octanol–water partition coefficient (Wildman–Crippen LogP) is 4.00. The Kier molecular flexibility index (Phi) is 3.62. The van der Waals surface area contributed by atoms with Crippen LogP contribution in [0.5, 0.6) is 0 Å². The second-order valence-corrected chi connectivity index (χ2v) is 3.73. The minimum absolute atomic E-state index is 0.893. The van der Waals surface area contributed by atoms with Gasteiger partial charge in [-0.1, -0.05) is 30.8 Å². The van der Waals surface area contributed by atoms with Gasteiger partial charge in [-0.05, 0) is 49.8 Å². The van der Waals surface area contributed by atoms with Gasteiger partial charge in [0.2, 0.25) is 0 Å². The SMILES string of the molecule is C=N/C(C(=C)C)=C(\C)c1ccccc1C. The van der Waals surface area contributed by atoms with Crippen LogP contribution in [0.4, 0.5) is 0 Å². The number of aryl methyl sites for hydroxylation is 1. The Bertz CT molecular complexity index is 425. The van der Waals surface area contributed by atoms with Crippen molar-refractivity contribution in [2.75, 3.05) is 0 Å². The summed E-state index contributed by atoms with van der Waals surface area (Å²) in [7, 11) is 0. The summed E-state index contributed by atoms with van der Waals surface area (Å²) in [5.74, 6) is 0. The Balaban J connectivity index is 3.35. The standard InChI is InChI=1S/C14H17N/c1-10(2)14(15-5)12(4)13-9-7-6-8-11(13)3/h6-9H,1,5H2,2-4H3/b14-12+. The smallest absolute Gasteiger partial charge is 0.0680 e. The van der Waals surface area contributed by atoms with Gasteiger partial charge in [0, 0.05) is 0 Å². The van der Waals surface area contributed by atoms with Crippen molar-refractivity contribution in [2.45, 2.75) is 20.8 Å². The Labute approximate surface area is 91.9 Å². The molecule has 0 spiro atoms. The zero-order valence-corrected chi connectivity index (χ0v) is 9.67. The molecular formula is C14H17N. The van der Waals surface area contributed by atoms with Crippen LogP contribution >= 0.6 is 0 Å². The first-order valence-electron chi connectivity index (χ1n) is 4.97. The molecule has 0 aliphatic carbocycles. The molecule has 78 valence electrons. The molecule has 1 nitrogen and oxygen atoms in total. The predicted molar refractivity (Wildman–Crippen MR) is 68.1 cm³/mol. The van der Waals surface area contributed by atoms with Gasteiger partial charge in [-0.2, -0.15) is 0 Å². The van der Waals surface area contributed by atoms with Crippen LogP contribution in [-0.2, 0) is 0 Å². The zero-order chi connectivity index (χ0) is 11.4. The number of benzene rings is 1. The third-order valence-electron chi connectivity index (χ3n) is 2.47. The van der Waals surface area contributed by atoms with Crippen molar-refractivity contribution in [3.05, 3.63) is 53.2 Å². The number of rotatable bonds is 3. The van der Waals surface area contributed by atoms with E-state index in [4.69, 9.17) is 0 Å². The molecule has 15 heavy (non-hydrogen) atoms. The van der Waals surface area contributed by atoms with Crippen LogP contribution in [-0.4, -0.2) is 6.72 Å². The topological polar surface area (TPSA) is 12.4 Å². The molecule has 1 rings (SSSR count). The minimum Gasteiger partial charge on any atom is -0.264 e. The largest absolute Gasteiger partial charge is 0.264 e. The number of hydrogen-bond acceptors (Lipinski definition) is 1. The highest BCUT2D eigenvalue weighted by molar-refractivity contribution is 5.73. The second kappa shape index (κ2) is 4.74. The molecule has 0 aliphatic rings. The van der Waals surface area contributed by atoms with Crippen LogP contribution in [0.3, 0.4) is 0 Å². The molecule has 1 aromatic rings. The first-order valence-corrected chi connectivity index (χ1v) is 4.97. The number of hydrogen-bond donors (Lipinski definition) is 0. The van der Waals surface area contributed by atoms with E-state index in [2.05, 4.69) is 44.3 Å². The fourth-order valence-corrected chi connectivity index (χ4v) is 1.69. The fourth-order valence-electron chi connectivity index (χ4n) is 1.69. The summed E-state index contributed by atoms with van der Waals surface area (Å²) in [6, 6.07) is 8.26. The number of nitrogens with zero attached hydrogens (tertiary/aromatic N) is 1. The maximum atomic E-state index is 4.04. The molecule has 0 aliphatic heterocycles. The van der Waals surface area contributed by atoms with Crippen molar-refractivity contribution in [3.8, 4) is 0 Å². The highest BCUT2D eigenvalue weighted by atomic mass is 14.7. The Morgan fingerprint density at radius 3 is 2.27 bits per heavy atom. The Hall–Kier alpha value is -1.63. The van der Waals surface area contributed by atoms with Gasteiger partial charge in [0.15, 0.2) is 0 Å². The van der Waals surface area contributed by atoms with Crippen molar-refractivity contribution in [2.24, 2.45) is 4.99 Å². The molecule has 0 fully saturated rings. The summed E-state index contributed by atoms with van der Waals surface area (Å²) in [5, 5.41) is 0. The molecule has 0 saturated carbocycles.